The van der Waals surface area contributed by atoms with E-state index < -0.39 is 28.3 Å². The van der Waals surface area contributed by atoms with Crippen LogP contribution in [0.1, 0.15) is 11.1 Å². The Labute approximate surface area is 169 Å². The number of rotatable bonds is 7. The maximum atomic E-state index is 13.2. The van der Waals surface area contributed by atoms with E-state index in [1.807, 2.05) is 31.2 Å². The highest BCUT2D eigenvalue weighted by atomic mass is 32.2. The number of sulfonamides is 1. The highest BCUT2D eigenvalue weighted by molar-refractivity contribution is 7.92. The Morgan fingerprint density at radius 2 is 1.66 bits per heavy atom. The maximum absolute atomic E-state index is 13.2. The lowest BCUT2D eigenvalue weighted by molar-refractivity contribution is -0.119. The van der Waals surface area contributed by atoms with Crippen LogP contribution in [-0.2, 0) is 21.4 Å². The Hall–Kier alpha value is -3.19. The van der Waals surface area contributed by atoms with Crippen molar-refractivity contribution in [1.82, 2.24) is 5.32 Å². The fourth-order valence-electron chi connectivity index (χ4n) is 2.85. The van der Waals surface area contributed by atoms with Crippen LogP contribution in [0.2, 0.25) is 0 Å². The van der Waals surface area contributed by atoms with Gasteiger partial charge in [-0.2, -0.15) is 0 Å². The van der Waals surface area contributed by atoms with Crippen molar-refractivity contribution in [3.05, 3.63) is 95.8 Å². The topological polar surface area (TPSA) is 66.5 Å². The molecule has 3 rings (SSSR count). The molecule has 0 saturated carbocycles. The Kier molecular flexibility index (Phi) is 6.29. The predicted molar refractivity (Wildman–Crippen MR) is 110 cm³/mol. The molecule has 0 radical (unpaired) electrons. The largest absolute Gasteiger partial charge is 0.350 e. The molecule has 0 bridgehead atoms. The molecule has 0 aliphatic heterocycles. The minimum absolute atomic E-state index is 0.0887. The first-order valence-corrected chi connectivity index (χ1v) is 10.5. The number of carbonyl (C=O) groups excluding carboxylic acids is 1. The minimum Gasteiger partial charge on any atom is -0.350 e. The quantitative estimate of drug-likeness (QED) is 0.644. The van der Waals surface area contributed by atoms with Gasteiger partial charge in [0.05, 0.1) is 10.6 Å². The predicted octanol–water partition coefficient (Wildman–Crippen LogP) is 3.65. The number of para-hydroxylation sites is 1. The summed E-state index contributed by atoms with van der Waals surface area (Å²) in [6, 6.07) is 20.6. The van der Waals surface area contributed by atoms with Crippen molar-refractivity contribution in [2.75, 3.05) is 10.8 Å². The Balaban J connectivity index is 1.82. The van der Waals surface area contributed by atoms with Crippen LogP contribution >= 0.6 is 0 Å². The SMILES string of the molecule is Cc1cccc(CNC(=O)CN(c2ccccc2)S(=O)(=O)c2ccc(F)cc2)c1. The Bertz CT molecular complexity index is 1080. The zero-order valence-electron chi connectivity index (χ0n) is 15.9. The van der Waals surface area contributed by atoms with Crippen molar-refractivity contribution in [3.8, 4) is 0 Å². The second-order valence-electron chi connectivity index (χ2n) is 6.57. The molecule has 0 aliphatic rings. The zero-order valence-corrected chi connectivity index (χ0v) is 16.7. The van der Waals surface area contributed by atoms with E-state index in [9.17, 15) is 17.6 Å². The summed E-state index contributed by atoms with van der Waals surface area (Å²) in [5.41, 5.74) is 2.34. The molecule has 1 N–H and O–H groups in total. The third kappa shape index (κ3) is 5.20. The molecule has 0 aliphatic carbocycles. The van der Waals surface area contributed by atoms with E-state index in [1.54, 1.807) is 30.3 Å². The zero-order chi connectivity index (χ0) is 20.9. The summed E-state index contributed by atoms with van der Waals surface area (Å²) in [5, 5.41) is 2.75. The standard InChI is InChI=1S/C22H21FN2O3S/c1-17-6-5-7-18(14-17)15-24-22(26)16-25(20-8-3-2-4-9-20)29(27,28)21-12-10-19(23)11-13-21/h2-14H,15-16H2,1H3,(H,24,26). The summed E-state index contributed by atoms with van der Waals surface area (Å²) >= 11 is 0. The molecule has 0 atom stereocenters. The number of nitrogens with one attached hydrogen (secondary N) is 1. The molecular formula is C22H21FN2O3S. The third-order valence-electron chi connectivity index (χ3n) is 4.31. The molecule has 5 nitrogen and oxygen atoms in total. The van der Waals surface area contributed by atoms with Gasteiger partial charge in [-0.15, -0.1) is 0 Å². The lowest BCUT2D eigenvalue weighted by Crippen LogP contribution is -2.40. The van der Waals surface area contributed by atoms with Crippen molar-refractivity contribution in [1.29, 1.82) is 0 Å². The van der Waals surface area contributed by atoms with Crippen LogP contribution in [-0.4, -0.2) is 20.9 Å². The molecule has 1 amide bonds. The lowest BCUT2D eigenvalue weighted by atomic mass is 10.1. The molecule has 0 heterocycles. The van der Waals surface area contributed by atoms with E-state index >= 15 is 0 Å². The summed E-state index contributed by atoms with van der Waals surface area (Å²) in [5.74, 6) is -0.979. The third-order valence-corrected chi connectivity index (χ3v) is 6.09. The smallest absolute Gasteiger partial charge is 0.264 e. The van der Waals surface area contributed by atoms with Crippen molar-refractivity contribution in [3.63, 3.8) is 0 Å². The van der Waals surface area contributed by atoms with Gasteiger partial charge in [-0.3, -0.25) is 9.10 Å². The highest BCUT2D eigenvalue weighted by Crippen LogP contribution is 2.23. The van der Waals surface area contributed by atoms with Gasteiger partial charge in [0.2, 0.25) is 5.91 Å². The van der Waals surface area contributed by atoms with Crippen LogP contribution < -0.4 is 9.62 Å². The first kappa shape index (κ1) is 20.5. The average Bonchev–Trinajstić information content (AvgIpc) is 2.71. The van der Waals surface area contributed by atoms with E-state index in [2.05, 4.69) is 5.32 Å². The van der Waals surface area contributed by atoms with Gasteiger partial charge in [0.15, 0.2) is 0 Å². The van der Waals surface area contributed by atoms with Crippen LogP contribution in [0.4, 0.5) is 10.1 Å². The van der Waals surface area contributed by atoms with Gasteiger partial charge < -0.3 is 5.32 Å². The first-order valence-electron chi connectivity index (χ1n) is 9.02. The minimum atomic E-state index is -4.05. The number of aryl methyl sites for hydroxylation is 1. The average molecular weight is 412 g/mol. The van der Waals surface area contributed by atoms with Gasteiger partial charge in [-0.25, -0.2) is 12.8 Å². The molecule has 150 valence electrons. The highest BCUT2D eigenvalue weighted by Gasteiger charge is 2.27. The van der Waals surface area contributed by atoms with Gasteiger partial charge in [0.25, 0.3) is 10.0 Å². The first-order chi connectivity index (χ1) is 13.9. The molecular weight excluding hydrogens is 391 g/mol. The Morgan fingerprint density at radius 1 is 0.966 bits per heavy atom. The number of nitrogens with zero attached hydrogens (tertiary/aromatic N) is 1. The second kappa shape index (κ2) is 8.87. The summed E-state index contributed by atoms with van der Waals surface area (Å²) in [6.07, 6.45) is 0. The molecule has 0 spiro atoms. The molecule has 3 aromatic carbocycles. The molecule has 0 aromatic heterocycles. The van der Waals surface area contributed by atoms with Gasteiger partial charge in [0.1, 0.15) is 12.4 Å². The molecule has 7 heteroatoms. The van der Waals surface area contributed by atoms with E-state index in [0.29, 0.717) is 12.2 Å². The number of benzene rings is 3. The molecule has 29 heavy (non-hydrogen) atoms. The molecule has 0 saturated heterocycles. The van der Waals surface area contributed by atoms with Crippen molar-refractivity contribution in [2.45, 2.75) is 18.4 Å². The molecule has 3 aromatic rings. The summed E-state index contributed by atoms with van der Waals surface area (Å²) < 4.78 is 40.5. The van der Waals surface area contributed by atoms with Crippen LogP contribution in [0.3, 0.4) is 0 Å². The van der Waals surface area contributed by atoms with E-state index in [0.717, 1.165) is 27.6 Å². The molecule has 0 unspecified atom stereocenters. The number of amides is 1. The number of carbonyl (C=O) groups is 1. The number of halogens is 1. The summed E-state index contributed by atoms with van der Waals surface area (Å²) in [6.45, 7) is 1.85. The number of hydrogen-bond donors (Lipinski definition) is 1. The van der Waals surface area contributed by atoms with Gasteiger partial charge >= 0.3 is 0 Å². The maximum Gasteiger partial charge on any atom is 0.264 e. The van der Waals surface area contributed by atoms with Gasteiger partial charge in [-0.05, 0) is 48.9 Å². The lowest BCUT2D eigenvalue weighted by Gasteiger charge is -2.24. The van der Waals surface area contributed by atoms with Gasteiger partial charge in [0, 0.05) is 6.54 Å². The fraction of sp³-hybridized carbons (Fsp3) is 0.136. The fourth-order valence-corrected chi connectivity index (χ4v) is 4.27. The van der Waals surface area contributed by atoms with E-state index in [1.165, 1.54) is 12.1 Å². The van der Waals surface area contributed by atoms with Crippen molar-refractivity contribution >= 4 is 21.6 Å². The summed E-state index contributed by atoms with van der Waals surface area (Å²) in [7, 11) is -4.05. The van der Waals surface area contributed by atoms with Crippen LogP contribution in [0.5, 0.6) is 0 Å². The number of anilines is 1. The number of hydrogen-bond acceptors (Lipinski definition) is 3. The van der Waals surface area contributed by atoms with Crippen molar-refractivity contribution < 1.29 is 17.6 Å². The normalized spacial score (nSPS) is 11.1. The van der Waals surface area contributed by atoms with Crippen molar-refractivity contribution in [2.24, 2.45) is 0 Å². The monoisotopic (exact) mass is 412 g/mol. The second-order valence-corrected chi connectivity index (χ2v) is 8.43. The Morgan fingerprint density at radius 3 is 2.31 bits per heavy atom. The van der Waals surface area contributed by atoms with Crippen LogP contribution in [0.25, 0.3) is 0 Å². The van der Waals surface area contributed by atoms with E-state index in [-0.39, 0.29) is 4.90 Å². The van der Waals surface area contributed by atoms with Crippen LogP contribution in [0, 0.1) is 12.7 Å². The van der Waals surface area contributed by atoms with E-state index in [4.69, 9.17) is 0 Å². The summed E-state index contributed by atoms with van der Waals surface area (Å²) in [4.78, 5) is 12.5. The molecule has 0 fully saturated rings. The van der Waals surface area contributed by atoms with Crippen LogP contribution in [0.15, 0.2) is 83.8 Å². The van der Waals surface area contributed by atoms with Gasteiger partial charge in [-0.1, -0.05) is 48.0 Å².